The van der Waals surface area contributed by atoms with Gasteiger partial charge in [0.05, 0.1) is 6.54 Å². The Bertz CT molecular complexity index is 607. The summed E-state index contributed by atoms with van der Waals surface area (Å²) in [4.78, 5) is 4.18. The molecule has 6 nitrogen and oxygen atoms in total. The van der Waals surface area contributed by atoms with Crippen LogP contribution in [-0.4, -0.2) is 27.8 Å². The summed E-state index contributed by atoms with van der Waals surface area (Å²) in [5, 5.41) is 15.1. The van der Waals surface area contributed by atoms with Gasteiger partial charge in [-0.3, -0.25) is 4.99 Å². The highest BCUT2D eigenvalue weighted by Crippen LogP contribution is 2.14. The Hall–Kier alpha value is -2.08. The van der Waals surface area contributed by atoms with Crippen molar-refractivity contribution in [2.45, 2.75) is 26.6 Å². The summed E-state index contributed by atoms with van der Waals surface area (Å²) in [5.41, 5.74) is 1.03. The molecule has 0 saturated heterocycles. The van der Waals surface area contributed by atoms with Crippen LogP contribution < -0.4 is 10.6 Å². The third kappa shape index (κ3) is 4.19. The van der Waals surface area contributed by atoms with E-state index in [9.17, 15) is 0 Å². The number of hydrogen-bond acceptors (Lipinski definition) is 3. The molecule has 112 valence electrons. The van der Waals surface area contributed by atoms with Gasteiger partial charge in [0.1, 0.15) is 6.33 Å². The van der Waals surface area contributed by atoms with E-state index in [1.807, 2.05) is 28.8 Å². The maximum atomic E-state index is 6.13. The zero-order valence-electron chi connectivity index (χ0n) is 12.2. The van der Waals surface area contributed by atoms with Crippen molar-refractivity contribution in [2.24, 2.45) is 4.99 Å². The van der Waals surface area contributed by atoms with Gasteiger partial charge in [0.2, 0.25) is 0 Å². The second-order valence-electron chi connectivity index (χ2n) is 4.40. The van der Waals surface area contributed by atoms with E-state index in [-0.39, 0.29) is 0 Å². The van der Waals surface area contributed by atoms with Crippen LogP contribution in [0.1, 0.15) is 18.3 Å². The number of guanidine groups is 1. The van der Waals surface area contributed by atoms with Crippen LogP contribution in [0.15, 0.2) is 35.6 Å². The Kier molecular flexibility index (Phi) is 5.57. The van der Waals surface area contributed by atoms with Crippen LogP contribution >= 0.6 is 11.6 Å². The lowest BCUT2D eigenvalue weighted by molar-refractivity contribution is 0.670. The van der Waals surface area contributed by atoms with Crippen molar-refractivity contribution < 1.29 is 0 Å². The molecule has 0 aliphatic heterocycles. The molecule has 1 heterocycles. The zero-order valence-corrected chi connectivity index (χ0v) is 12.9. The first kappa shape index (κ1) is 15.3. The number of nitrogens with one attached hydrogen (secondary N) is 2. The molecule has 1 aromatic carbocycles. The molecule has 2 N–H and O–H groups in total. The second-order valence-corrected chi connectivity index (χ2v) is 4.81. The number of rotatable bonds is 5. The van der Waals surface area contributed by atoms with E-state index in [0.29, 0.717) is 19.0 Å². The van der Waals surface area contributed by atoms with Gasteiger partial charge in [-0.25, -0.2) is 0 Å². The number of halogens is 1. The highest BCUT2D eigenvalue weighted by atomic mass is 35.5. The van der Waals surface area contributed by atoms with Crippen LogP contribution in [0.5, 0.6) is 0 Å². The SMILES string of the molecule is CCn1cnnc1CNC(=NC)NCc1ccccc1Cl. The van der Waals surface area contributed by atoms with E-state index < -0.39 is 0 Å². The van der Waals surface area contributed by atoms with Crippen molar-refractivity contribution in [3.63, 3.8) is 0 Å². The summed E-state index contributed by atoms with van der Waals surface area (Å²) in [5.74, 6) is 1.57. The van der Waals surface area contributed by atoms with E-state index in [1.165, 1.54) is 0 Å². The molecule has 0 radical (unpaired) electrons. The summed E-state index contributed by atoms with van der Waals surface area (Å²) >= 11 is 6.13. The quantitative estimate of drug-likeness (QED) is 0.653. The van der Waals surface area contributed by atoms with Crippen molar-refractivity contribution in [1.29, 1.82) is 0 Å². The minimum absolute atomic E-state index is 0.566. The third-order valence-corrected chi connectivity index (χ3v) is 3.45. The number of aliphatic imine (C=N–C) groups is 1. The molecular formula is C14H19ClN6. The van der Waals surface area contributed by atoms with Crippen molar-refractivity contribution >= 4 is 17.6 Å². The first-order chi connectivity index (χ1) is 10.2. The first-order valence-electron chi connectivity index (χ1n) is 6.79. The van der Waals surface area contributed by atoms with Crippen LogP contribution in [0.3, 0.4) is 0 Å². The molecule has 0 aliphatic rings. The van der Waals surface area contributed by atoms with E-state index in [4.69, 9.17) is 11.6 Å². The molecule has 0 spiro atoms. The number of hydrogen-bond donors (Lipinski definition) is 2. The van der Waals surface area contributed by atoms with Gasteiger partial charge in [-0.15, -0.1) is 10.2 Å². The Morgan fingerprint density at radius 2 is 2.05 bits per heavy atom. The fourth-order valence-electron chi connectivity index (χ4n) is 1.88. The summed E-state index contributed by atoms with van der Waals surface area (Å²) in [7, 11) is 1.73. The molecule has 1 aromatic heterocycles. The molecule has 0 unspecified atom stereocenters. The van der Waals surface area contributed by atoms with Crippen LogP contribution in [0.25, 0.3) is 0 Å². The summed E-state index contributed by atoms with van der Waals surface area (Å²) in [6, 6.07) is 7.73. The summed E-state index contributed by atoms with van der Waals surface area (Å²) in [6.07, 6.45) is 1.72. The Morgan fingerprint density at radius 1 is 1.29 bits per heavy atom. The van der Waals surface area contributed by atoms with Crippen LogP contribution in [0, 0.1) is 0 Å². The molecule has 0 atom stereocenters. The highest BCUT2D eigenvalue weighted by molar-refractivity contribution is 6.31. The van der Waals surface area contributed by atoms with Gasteiger partial charge < -0.3 is 15.2 Å². The number of aromatic nitrogens is 3. The maximum absolute atomic E-state index is 6.13. The number of nitrogens with zero attached hydrogens (tertiary/aromatic N) is 4. The van der Waals surface area contributed by atoms with Gasteiger partial charge in [-0.1, -0.05) is 29.8 Å². The second kappa shape index (κ2) is 7.64. The highest BCUT2D eigenvalue weighted by Gasteiger charge is 2.05. The van der Waals surface area contributed by atoms with E-state index in [1.54, 1.807) is 13.4 Å². The molecule has 0 aliphatic carbocycles. The largest absolute Gasteiger partial charge is 0.352 e. The van der Waals surface area contributed by atoms with E-state index in [0.717, 1.165) is 23.0 Å². The summed E-state index contributed by atoms with van der Waals surface area (Å²) < 4.78 is 1.98. The monoisotopic (exact) mass is 306 g/mol. The molecule has 0 saturated carbocycles. The molecule has 2 aromatic rings. The fourth-order valence-corrected chi connectivity index (χ4v) is 2.09. The average molecular weight is 307 g/mol. The van der Waals surface area contributed by atoms with Crippen LogP contribution in [0.4, 0.5) is 0 Å². The molecular weight excluding hydrogens is 288 g/mol. The normalized spacial score (nSPS) is 11.5. The minimum Gasteiger partial charge on any atom is -0.352 e. The van der Waals surface area contributed by atoms with E-state index in [2.05, 4.69) is 32.7 Å². The van der Waals surface area contributed by atoms with Crippen molar-refractivity contribution in [1.82, 2.24) is 25.4 Å². The lowest BCUT2D eigenvalue weighted by atomic mass is 10.2. The average Bonchev–Trinajstić information content (AvgIpc) is 2.96. The van der Waals surface area contributed by atoms with Crippen molar-refractivity contribution in [3.8, 4) is 0 Å². The molecule has 21 heavy (non-hydrogen) atoms. The molecule has 7 heteroatoms. The predicted octanol–water partition coefficient (Wildman–Crippen LogP) is 1.82. The van der Waals surface area contributed by atoms with Gasteiger partial charge >= 0.3 is 0 Å². The molecule has 0 bridgehead atoms. The van der Waals surface area contributed by atoms with Crippen molar-refractivity contribution in [3.05, 3.63) is 47.0 Å². The third-order valence-electron chi connectivity index (χ3n) is 3.08. The standard InChI is InChI=1S/C14H19ClN6/c1-3-21-10-19-20-13(21)9-18-14(16-2)17-8-11-6-4-5-7-12(11)15/h4-7,10H,3,8-9H2,1-2H3,(H2,16,17,18). The Labute approximate surface area is 129 Å². The van der Waals surface area contributed by atoms with Gasteiger partial charge in [0, 0.05) is 25.2 Å². The van der Waals surface area contributed by atoms with Crippen LogP contribution in [0.2, 0.25) is 5.02 Å². The lowest BCUT2D eigenvalue weighted by Gasteiger charge is -2.12. The molecule has 2 rings (SSSR count). The first-order valence-corrected chi connectivity index (χ1v) is 7.17. The van der Waals surface area contributed by atoms with E-state index >= 15 is 0 Å². The Morgan fingerprint density at radius 3 is 2.76 bits per heavy atom. The van der Waals surface area contributed by atoms with Crippen LogP contribution in [-0.2, 0) is 19.6 Å². The van der Waals surface area contributed by atoms with Gasteiger partial charge in [0.15, 0.2) is 11.8 Å². The smallest absolute Gasteiger partial charge is 0.191 e. The van der Waals surface area contributed by atoms with Gasteiger partial charge in [-0.2, -0.15) is 0 Å². The minimum atomic E-state index is 0.566. The predicted molar refractivity (Wildman–Crippen MR) is 84.2 cm³/mol. The fraction of sp³-hybridized carbons (Fsp3) is 0.357. The number of benzene rings is 1. The topological polar surface area (TPSA) is 67.1 Å². The zero-order chi connectivity index (χ0) is 15.1. The van der Waals surface area contributed by atoms with Gasteiger partial charge in [0.25, 0.3) is 0 Å². The lowest BCUT2D eigenvalue weighted by Crippen LogP contribution is -2.37. The Balaban J connectivity index is 1.88. The van der Waals surface area contributed by atoms with Gasteiger partial charge in [-0.05, 0) is 18.6 Å². The maximum Gasteiger partial charge on any atom is 0.191 e. The summed E-state index contributed by atoms with van der Waals surface area (Å²) in [6.45, 7) is 4.07. The molecule has 0 amide bonds. The molecule has 0 fully saturated rings. The van der Waals surface area contributed by atoms with Crippen molar-refractivity contribution in [2.75, 3.05) is 7.05 Å². The number of aryl methyl sites for hydroxylation is 1.